The molecule has 0 aromatic heterocycles. The third kappa shape index (κ3) is 2.62. The summed E-state index contributed by atoms with van der Waals surface area (Å²) >= 11 is 0. The second-order valence-electron chi connectivity index (χ2n) is 6.56. The van der Waals surface area contributed by atoms with Gasteiger partial charge in [0.05, 0.1) is 5.41 Å². The first-order chi connectivity index (χ1) is 10.6. The third-order valence-corrected chi connectivity index (χ3v) is 5.37. The van der Waals surface area contributed by atoms with Gasteiger partial charge in [-0.15, -0.1) is 0 Å². The molecule has 2 aliphatic rings. The van der Waals surface area contributed by atoms with E-state index in [-0.39, 0.29) is 11.8 Å². The lowest BCUT2D eigenvalue weighted by atomic mass is 9.72. The predicted molar refractivity (Wildman–Crippen MR) is 83.5 cm³/mol. The van der Waals surface area contributed by atoms with Crippen LogP contribution in [-0.2, 0) is 15.0 Å². The molecular weight excluding hydrogens is 278 g/mol. The van der Waals surface area contributed by atoms with E-state index in [1.807, 2.05) is 35.2 Å². The zero-order valence-corrected chi connectivity index (χ0v) is 12.8. The van der Waals surface area contributed by atoms with Gasteiger partial charge < -0.3 is 10.0 Å². The first kappa shape index (κ1) is 15.1. The molecule has 1 aromatic carbocycles. The summed E-state index contributed by atoms with van der Waals surface area (Å²) in [6, 6.07) is 9.45. The zero-order valence-electron chi connectivity index (χ0n) is 12.8. The number of hydrogen-bond donors (Lipinski definition) is 1. The normalized spacial score (nSPS) is 21.7. The summed E-state index contributed by atoms with van der Waals surface area (Å²) in [5, 5.41) is 9.78. The van der Waals surface area contributed by atoms with E-state index in [0.29, 0.717) is 25.9 Å². The largest absolute Gasteiger partial charge is 0.481 e. The van der Waals surface area contributed by atoms with Crippen LogP contribution in [0.1, 0.15) is 44.1 Å². The SMILES string of the molecule is O=C(C1CCCC1)N1CCC(C(=O)O)(c2ccccc2)CC1. The maximum absolute atomic E-state index is 12.5. The quantitative estimate of drug-likeness (QED) is 0.934. The van der Waals surface area contributed by atoms with E-state index in [1.54, 1.807) is 0 Å². The number of hydrogen-bond acceptors (Lipinski definition) is 2. The molecule has 4 heteroatoms. The Balaban J connectivity index is 1.73. The summed E-state index contributed by atoms with van der Waals surface area (Å²) < 4.78 is 0. The van der Waals surface area contributed by atoms with Crippen molar-refractivity contribution in [1.29, 1.82) is 0 Å². The van der Waals surface area contributed by atoms with Crippen molar-refractivity contribution in [3.63, 3.8) is 0 Å². The van der Waals surface area contributed by atoms with Crippen molar-refractivity contribution in [2.45, 2.75) is 43.9 Å². The monoisotopic (exact) mass is 301 g/mol. The number of benzene rings is 1. The second-order valence-corrected chi connectivity index (χ2v) is 6.56. The summed E-state index contributed by atoms with van der Waals surface area (Å²) in [5.41, 5.74) is 0.0173. The summed E-state index contributed by atoms with van der Waals surface area (Å²) in [4.78, 5) is 26.3. The van der Waals surface area contributed by atoms with Gasteiger partial charge in [0, 0.05) is 19.0 Å². The Hall–Kier alpha value is -1.84. The molecule has 0 bridgehead atoms. The Bertz CT molecular complexity index is 541. The van der Waals surface area contributed by atoms with Gasteiger partial charge in [0.15, 0.2) is 0 Å². The first-order valence-corrected chi connectivity index (χ1v) is 8.21. The number of amides is 1. The van der Waals surface area contributed by atoms with Gasteiger partial charge in [0.25, 0.3) is 0 Å². The zero-order chi connectivity index (χ0) is 15.6. The number of carbonyl (C=O) groups excluding carboxylic acids is 1. The van der Waals surface area contributed by atoms with Gasteiger partial charge in [-0.25, -0.2) is 0 Å². The highest BCUT2D eigenvalue weighted by atomic mass is 16.4. The van der Waals surface area contributed by atoms with Crippen LogP contribution in [0.2, 0.25) is 0 Å². The molecule has 0 spiro atoms. The van der Waals surface area contributed by atoms with Gasteiger partial charge in [-0.1, -0.05) is 43.2 Å². The highest BCUT2D eigenvalue weighted by Gasteiger charge is 2.44. The van der Waals surface area contributed by atoms with Crippen molar-refractivity contribution in [1.82, 2.24) is 4.90 Å². The van der Waals surface area contributed by atoms with E-state index in [4.69, 9.17) is 0 Å². The van der Waals surface area contributed by atoms with E-state index < -0.39 is 11.4 Å². The number of carboxylic acids is 1. The summed E-state index contributed by atoms with van der Waals surface area (Å²) in [6.45, 7) is 1.10. The van der Waals surface area contributed by atoms with Crippen LogP contribution in [0.4, 0.5) is 0 Å². The molecule has 1 heterocycles. The topological polar surface area (TPSA) is 57.6 Å². The van der Waals surface area contributed by atoms with Crippen molar-refractivity contribution in [3.8, 4) is 0 Å². The van der Waals surface area contributed by atoms with Crippen LogP contribution in [-0.4, -0.2) is 35.0 Å². The molecule has 4 nitrogen and oxygen atoms in total. The lowest BCUT2D eigenvalue weighted by Gasteiger charge is -2.40. The molecule has 0 atom stereocenters. The van der Waals surface area contributed by atoms with Crippen molar-refractivity contribution in [2.24, 2.45) is 5.92 Å². The second kappa shape index (κ2) is 6.11. The molecule has 1 aromatic rings. The van der Waals surface area contributed by atoms with Gasteiger partial charge in [0.1, 0.15) is 0 Å². The number of rotatable bonds is 3. The van der Waals surface area contributed by atoms with Crippen LogP contribution in [0.15, 0.2) is 30.3 Å². The number of aliphatic carboxylic acids is 1. The summed E-state index contributed by atoms with van der Waals surface area (Å²) in [6.07, 6.45) is 5.30. The summed E-state index contributed by atoms with van der Waals surface area (Å²) in [5.74, 6) is -0.356. The average Bonchev–Trinajstić information content (AvgIpc) is 3.09. The molecule has 1 saturated carbocycles. The molecule has 3 rings (SSSR count). The highest BCUT2D eigenvalue weighted by molar-refractivity contribution is 5.83. The minimum atomic E-state index is -0.840. The summed E-state index contributed by atoms with van der Waals surface area (Å²) in [7, 11) is 0. The maximum atomic E-state index is 12.5. The number of nitrogens with zero attached hydrogens (tertiary/aromatic N) is 1. The highest BCUT2D eigenvalue weighted by Crippen LogP contribution is 2.37. The molecule has 1 amide bonds. The van der Waals surface area contributed by atoms with Crippen LogP contribution in [0, 0.1) is 5.92 Å². The first-order valence-electron chi connectivity index (χ1n) is 8.21. The van der Waals surface area contributed by atoms with Crippen LogP contribution < -0.4 is 0 Å². The minimum Gasteiger partial charge on any atom is -0.481 e. The molecule has 1 N–H and O–H groups in total. The molecular formula is C18H23NO3. The van der Waals surface area contributed by atoms with Crippen molar-refractivity contribution in [3.05, 3.63) is 35.9 Å². The van der Waals surface area contributed by atoms with Gasteiger partial charge in [-0.05, 0) is 31.2 Å². The average molecular weight is 301 g/mol. The molecule has 1 aliphatic heterocycles. The number of carboxylic acid groups (broad SMARTS) is 1. The molecule has 22 heavy (non-hydrogen) atoms. The smallest absolute Gasteiger partial charge is 0.314 e. The minimum absolute atomic E-state index is 0.175. The standard InChI is InChI=1S/C18H23NO3/c20-16(14-6-4-5-7-14)19-12-10-18(11-13-19,17(21)22)15-8-2-1-3-9-15/h1-3,8-9,14H,4-7,10-13H2,(H,21,22). The third-order valence-electron chi connectivity index (χ3n) is 5.37. The number of piperidine rings is 1. The van der Waals surface area contributed by atoms with Crippen molar-refractivity contribution in [2.75, 3.05) is 13.1 Å². The maximum Gasteiger partial charge on any atom is 0.314 e. The fourth-order valence-corrected chi connectivity index (χ4v) is 3.92. The van der Waals surface area contributed by atoms with Crippen LogP contribution in [0.5, 0.6) is 0 Å². The van der Waals surface area contributed by atoms with Gasteiger partial charge >= 0.3 is 5.97 Å². The molecule has 0 radical (unpaired) electrons. The molecule has 1 saturated heterocycles. The Morgan fingerprint density at radius 2 is 1.64 bits per heavy atom. The van der Waals surface area contributed by atoms with Crippen LogP contribution in [0.3, 0.4) is 0 Å². The number of carbonyl (C=O) groups is 2. The predicted octanol–water partition coefficient (Wildman–Crippen LogP) is 2.82. The Labute approximate surface area is 131 Å². The van der Waals surface area contributed by atoms with Crippen molar-refractivity contribution < 1.29 is 14.7 Å². The van der Waals surface area contributed by atoms with E-state index in [9.17, 15) is 14.7 Å². The Morgan fingerprint density at radius 1 is 1.05 bits per heavy atom. The lowest BCUT2D eigenvalue weighted by molar-refractivity contribution is -0.149. The van der Waals surface area contributed by atoms with E-state index in [1.165, 1.54) is 0 Å². The Kier molecular flexibility index (Phi) is 4.19. The van der Waals surface area contributed by atoms with Gasteiger partial charge in [-0.2, -0.15) is 0 Å². The van der Waals surface area contributed by atoms with E-state index in [2.05, 4.69) is 0 Å². The van der Waals surface area contributed by atoms with E-state index >= 15 is 0 Å². The molecule has 0 unspecified atom stereocenters. The van der Waals surface area contributed by atoms with Crippen LogP contribution >= 0.6 is 0 Å². The fraction of sp³-hybridized carbons (Fsp3) is 0.556. The molecule has 118 valence electrons. The molecule has 2 fully saturated rings. The van der Waals surface area contributed by atoms with Crippen LogP contribution in [0.25, 0.3) is 0 Å². The fourth-order valence-electron chi connectivity index (χ4n) is 3.92. The lowest BCUT2D eigenvalue weighted by Crippen LogP contribution is -2.50. The van der Waals surface area contributed by atoms with E-state index in [0.717, 1.165) is 31.2 Å². The van der Waals surface area contributed by atoms with Crippen molar-refractivity contribution >= 4 is 11.9 Å². The Morgan fingerprint density at radius 3 is 2.18 bits per heavy atom. The number of likely N-dealkylation sites (tertiary alicyclic amines) is 1. The van der Waals surface area contributed by atoms with Gasteiger partial charge in [-0.3, -0.25) is 9.59 Å². The molecule has 1 aliphatic carbocycles. The van der Waals surface area contributed by atoms with Gasteiger partial charge in [0.2, 0.25) is 5.91 Å².